The molecule has 0 unspecified atom stereocenters. The summed E-state index contributed by atoms with van der Waals surface area (Å²) in [5.41, 5.74) is 9.21. The summed E-state index contributed by atoms with van der Waals surface area (Å²) in [5, 5.41) is 2.14. The van der Waals surface area contributed by atoms with E-state index in [0.29, 0.717) is 23.2 Å². The number of fused-ring (bicyclic) bond motifs is 4. The first kappa shape index (κ1) is 33.8. The van der Waals surface area contributed by atoms with Gasteiger partial charge in [-0.1, -0.05) is 120 Å². The topological polar surface area (TPSA) is 69.6 Å². The summed E-state index contributed by atoms with van der Waals surface area (Å²) < 4.78 is 44.5. The fourth-order valence-corrected chi connectivity index (χ4v) is 6.50. The molecule has 4 aromatic carbocycles. The molecular formula is C45H42FIrN5O-2. The predicted octanol–water partition coefficient (Wildman–Crippen LogP) is 11.7. The fraction of sp³-hybridized carbons (Fsp3) is 0.244. The van der Waals surface area contributed by atoms with Gasteiger partial charge in [0.15, 0.2) is 5.65 Å². The Bertz CT molecular complexity index is 2630. The molecule has 0 saturated heterocycles. The maximum absolute atomic E-state index is 14.1. The van der Waals surface area contributed by atoms with E-state index in [1.54, 1.807) is 18.6 Å². The molecule has 1 radical (unpaired) electrons. The number of halogens is 1. The number of para-hydroxylation sites is 2. The Labute approximate surface area is 328 Å². The monoisotopic (exact) mass is 883 g/mol. The largest absolute Gasteiger partial charge is 0.501 e. The molecule has 0 saturated carbocycles. The van der Waals surface area contributed by atoms with Crippen LogP contribution in [0.25, 0.3) is 61.4 Å². The van der Waals surface area contributed by atoms with Gasteiger partial charge in [0.05, 0.1) is 17.6 Å². The van der Waals surface area contributed by atoms with Crippen molar-refractivity contribution in [3.63, 3.8) is 0 Å². The number of furan rings is 1. The molecule has 8 heteroatoms. The van der Waals surface area contributed by atoms with Crippen molar-refractivity contribution in [1.82, 2.24) is 24.5 Å². The summed E-state index contributed by atoms with van der Waals surface area (Å²) >= 11 is 0. The second kappa shape index (κ2) is 15.1. The van der Waals surface area contributed by atoms with E-state index in [4.69, 9.17) is 13.5 Å². The SMILES string of the molecule is CC(C)c1cccc(C(C)C)c1-n1c(-c2[c-]ccc3c2oc2ccccc23)nc2ncncc21.[2H]C([2H])([2H])c1c[c-]c(-c2ccc(C(C)(C)C)cn2)c(F)c1.[Ir]. The van der Waals surface area contributed by atoms with Gasteiger partial charge in [-0.3, -0.25) is 9.37 Å². The van der Waals surface area contributed by atoms with E-state index in [1.165, 1.54) is 17.2 Å². The second-order valence-corrected chi connectivity index (χ2v) is 14.6. The van der Waals surface area contributed by atoms with Crippen LogP contribution in [0.1, 0.15) is 86.7 Å². The average molecular weight is 883 g/mol. The normalized spacial score (nSPS) is 12.8. The number of nitrogens with zero attached hydrogens (tertiary/aromatic N) is 5. The number of rotatable bonds is 5. The number of pyridine rings is 1. The van der Waals surface area contributed by atoms with Crippen LogP contribution in [-0.2, 0) is 25.5 Å². The minimum Gasteiger partial charge on any atom is -0.501 e. The van der Waals surface area contributed by atoms with Gasteiger partial charge in [-0.15, -0.1) is 42.0 Å². The van der Waals surface area contributed by atoms with Crippen molar-refractivity contribution in [1.29, 1.82) is 0 Å². The second-order valence-electron chi connectivity index (χ2n) is 14.6. The third-order valence-corrected chi connectivity index (χ3v) is 9.24. The molecular weight excluding hydrogens is 838 g/mol. The maximum atomic E-state index is 14.1. The summed E-state index contributed by atoms with van der Waals surface area (Å²) in [7, 11) is 0. The standard InChI is InChI=1S/C29H25N4O.C16H17FN.Ir/c1-17(2)19-10-7-11-20(18(3)4)26(19)33-24-15-30-16-31-28(24)32-29(33)23-13-8-12-22-21-9-5-6-14-25(21)34-27(22)23;1-11-5-7-13(14(17)9-11)15-8-6-12(10-18-15)16(2,3)4;/h5-12,14-18H,1-4H3;5-6,8-10H,1-4H3;/q2*-1;/i;1D3;. The molecule has 0 atom stereocenters. The van der Waals surface area contributed by atoms with Crippen molar-refractivity contribution in [3.05, 3.63) is 138 Å². The Hall–Kier alpha value is -5.04. The number of aryl methyl sites for hydroxylation is 1. The van der Waals surface area contributed by atoms with Crippen LogP contribution >= 0.6 is 0 Å². The number of benzene rings is 4. The molecule has 271 valence electrons. The number of hydrogen-bond acceptors (Lipinski definition) is 5. The molecule has 4 heterocycles. The minimum absolute atomic E-state index is 0. The van der Waals surface area contributed by atoms with Crippen molar-refractivity contribution in [2.24, 2.45) is 0 Å². The molecule has 0 aliphatic rings. The molecule has 6 nitrogen and oxygen atoms in total. The summed E-state index contributed by atoms with van der Waals surface area (Å²) in [6.07, 6.45) is 5.10. The van der Waals surface area contributed by atoms with Crippen LogP contribution in [0.5, 0.6) is 0 Å². The van der Waals surface area contributed by atoms with E-state index in [0.717, 1.165) is 56.2 Å². The van der Waals surface area contributed by atoms with Crippen LogP contribution in [0, 0.1) is 24.8 Å². The average Bonchev–Trinajstić information content (AvgIpc) is 3.73. The van der Waals surface area contributed by atoms with E-state index in [9.17, 15) is 4.39 Å². The molecule has 0 amide bonds. The van der Waals surface area contributed by atoms with Crippen LogP contribution in [0.15, 0.2) is 102 Å². The Morgan fingerprint density at radius 3 is 2.26 bits per heavy atom. The number of hydrogen-bond donors (Lipinski definition) is 0. The van der Waals surface area contributed by atoms with Crippen LogP contribution in [0.2, 0.25) is 0 Å². The predicted molar refractivity (Wildman–Crippen MR) is 208 cm³/mol. The van der Waals surface area contributed by atoms with E-state index in [1.807, 2.05) is 36.5 Å². The first-order valence-electron chi connectivity index (χ1n) is 19.0. The zero-order valence-electron chi connectivity index (χ0n) is 33.7. The Kier molecular flexibility index (Phi) is 9.64. The van der Waals surface area contributed by atoms with Crippen molar-refractivity contribution >= 4 is 33.1 Å². The minimum atomic E-state index is -2.33. The van der Waals surface area contributed by atoms with Gasteiger partial charge < -0.3 is 14.0 Å². The summed E-state index contributed by atoms with van der Waals surface area (Å²) in [4.78, 5) is 18.1. The number of aromatic nitrogens is 5. The quantitative estimate of drug-likeness (QED) is 0.161. The molecule has 0 aliphatic heterocycles. The van der Waals surface area contributed by atoms with E-state index in [2.05, 4.69) is 110 Å². The van der Waals surface area contributed by atoms with Gasteiger partial charge in [-0.05, 0) is 45.7 Å². The molecule has 0 aliphatic carbocycles. The van der Waals surface area contributed by atoms with Crippen molar-refractivity contribution in [2.75, 3.05) is 0 Å². The van der Waals surface area contributed by atoms with Crippen LogP contribution in [0.4, 0.5) is 4.39 Å². The molecule has 0 fully saturated rings. The Morgan fingerprint density at radius 2 is 1.60 bits per heavy atom. The first-order chi connectivity index (χ1) is 26.1. The molecule has 53 heavy (non-hydrogen) atoms. The third-order valence-electron chi connectivity index (χ3n) is 9.24. The van der Waals surface area contributed by atoms with Crippen LogP contribution < -0.4 is 0 Å². The van der Waals surface area contributed by atoms with E-state index < -0.39 is 12.7 Å². The van der Waals surface area contributed by atoms with Crippen molar-refractivity contribution in [2.45, 2.75) is 72.6 Å². The first-order valence-corrected chi connectivity index (χ1v) is 17.5. The molecule has 8 aromatic rings. The summed E-state index contributed by atoms with van der Waals surface area (Å²) in [5.74, 6) is 0.791. The van der Waals surface area contributed by atoms with Crippen LogP contribution in [0.3, 0.4) is 0 Å². The molecule has 8 rings (SSSR count). The van der Waals surface area contributed by atoms with Crippen molar-refractivity contribution in [3.8, 4) is 28.3 Å². The van der Waals surface area contributed by atoms with Crippen molar-refractivity contribution < 1.29 is 33.0 Å². The zero-order chi connectivity index (χ0) is 39.2. The van der Waals surface area contributed by atoms with Gasteiger partial charge in [0.1, 0.15) is 17.4 Å². The molecule has 0 bridgehead atoms. The smallest absolute Gasteiger partial charge is 0.171 e. The van der Waals surface area contributed by atoms with Crippen LogP contribution in [-0.4, -0.2) is 24.5 Å². The number of imidazole rings is 1. The fourth-order valence-electron chi connectivity index (χ4n) is 6.50. The summed E-state index contributed by atoms with van der Waals surface area (Å²) in [6, 6.07) is 30.7. The van der Waals surface area contributed by atoms with Gasteiger partial charge in [-0.2, -0.15) is 0 Å². The third kappa shape index (κ3) is 7.31. The Balaban J connectivity index is 0.000000209. The summed E-state index contributed by atoms with van der Waals surface area (Å²) in [6.45, 7) is 12.8. The van der Waals surface area contributed by atoms with Gasteiger partial charge in [0.25, 0.3) is 0 Å². The zero-order valence-corrected chi connectivity index (χ0v) is 33.1. The van der Waals surface area contributed by atoms with E-state index in [-0.39, 0.29) is 36.6 Å². The molecule has 0 spiro atoms. The van der Waals surface area contributed by atoms with Gasteiger partial charge >= 0.3 is 0 Å². The Morgan fingerprint density at radius 1 is 0.849 bits per heavy atom. The maximum Gasteiger partial charge on any atom is 0.171 e. The van der Waals surface area contributed by atoms with Gasteiger partial charge in [-0.25, -0.2) is 9.97 Å². The molecule has 4 aromatic heterocycles. The van der Waals surface area contributed by atoms with Gasteiger partial charge in [0, 0.05) is 47.3 Å². The van der Waals surface area contributed by atoms with E-state index >= 15 is 0 Å². The van der Waals surface area contributed by atoms with Gasteiger partial charge in [0.2, 0.25) is 0 Å². The molecule has 0 N–H and O–H groups in total.